The highest BCUT2D eigenvalue weighted by Crippen LogP contribution is 2.17. The van der Waals surface area contributed by atoms with E-state index in [1.807, 2.05) is 24.3 Å². The van der Waals surface area contributed by atoms with Crippen molar-refractivity contribution in [1.29, 1.82) is 0 Å². The van der Waals surface area contributed by atoms with Crippen LogP contribution in [0.5, 0.6) is 0 Å². The number of nitrogens with zero attached hydrogens (tertiary/aromatic N) is 3. The van der Waals surface area contributed by atoms with Crippen LogP contribution in [0.1, 0.15) is 25.3 Å². The zero-order valence-electron chi connectivity index (χ0n) is 13.1. The number of aromatic nitrogens is 2. The minimum Gasteiger partial charge on any atom is -0.419 e. The topological polar surface area (TPSA) is 54.2 Å². The molecule has 21 heavy (non-hydrogen) atoms. The molecule has 2 aromatic rings. The van der Waals surface area contributed by atoms with Gasteiger partial charge in [-0.05, 0) is 32.1 Å². The Balaban J connectivity index is 1.82. The van der Waals surface area contributed by atoms with Gasteiger partial charge in [-0.1, -0.05) is 31.5 Å². The lowest BCUT2D eigenvalue weighted by molar-refractivity contribution is 0.300. The van der Waals surface area contributed by atoms with Crippen molar-refractivity contribution < 1.29 is 4.42 Å². The van der Waals surface area contributed by atoms with Crippen molar-refractivity contribution in [3.8, 4) is 11.5 Å². The first-order valence-electron chi connectivity index (χ1n) is 7.55. The third-order valence-corrected chi connectivity index (χ3v) is 3.54. The summed E-state index contributed by atoms with van der Waals surface area (Å²) in [5.74, 6) is 1.21. The quantitative estimate of drug-likeness (QED) is 0.756. The lowest BCUT2D eigenvalue weighted by atomic mass is 10.1. The molecule has 1 heterocycles. The van der Waals surface area contributed by atoms with E-state index in [2.05, 4.69) is 41.2 Å². The van der Waals surface area contributed by atoms with Crippen LogP contribution in [-0.2, 0) is 6.54 Å². The number of nitrogens with one attached hydrogen (secondary N) is 1. The molecule has 1 aromatic carbocycles. The molecule has 0 aliphatic carbocycles. The molecule has 5 heteroatoms. The van der Waals surface area contributed by atoms with Crippen LogP contribution in [0.15, 0.2) is 28.7 Å². The molecule has 0 atom stereocenters. The fourth-order valence-corrected chi connectivity index (χ4v) is 2.11. The molecule has 1 N–H and O–H groups in total. The fraction of sp³-hybridized carbons (Fsp3) is 0.500. The van der Waals surface area contributed by atoms with Gasteiger partial charge in [0.15, 0.2) is 0 Å². The van der Waals surface area contributed by atoms with Crippen LogP contribution in [0, 0.1) is 6.92 Å². The highest BCUT2D eigenvalue weighted by molar-refractivity contribution is 5.52. The van der Waals surface area contributed by atoms with Gasteiger partial charge in [-0.3, -0.25) is 0 Å². The highest BCUT2D eigenvalue weighted by atomic mass is 16.4. The SMILES string of the molecule is CCN(CC)CCNCc1nnc(-c2ccc(C)cc2)o1. The summed E-state index contributed by atoms with van der Waals surface area (Å²) in [5, 5.41) is 11.5. The molecule has 0 unspecified atom stereocenters. The maximum Gasteiger partial charge on any atom is 0.247 e. The number of benzene rings is 1. The number of aryl methyl sites for hydroxylation is 1. The van der Waals surface area contributed by atoms with Gasteiger partial charge in [0.2, 0.25) is 11.8 Å². The summed E-state index contributed by atoms with van der Waals surface area (Å²) in [5.41, 5.74) is 2.18. The molecule has 0 amide bonds. The van der Waals surface area contributed by atoms with Crippen LogP contribution in [0.2, 0.25) is 0 Å². The summed E-state index contributed by atoms with van der Waals surface area (Å²) in [6.07, 6.45) is 0. The summed E-state index contributed by atoms with van der Waals surface area (Å²) >= 11 is 0. The van der Waals surface area contributed by atoms with Crippen LogP contribution < -0.4 is 5.32 Å². The highest BCUT2D eigenvalue weighted by Gasteiger charge is 2.08. The minimum absolute atomic E-state index is 0.579. The van der Waals surface area contributed by atoms with Crippen LogP contribution >= 0.6 is 0 Å². The average Bonchev–Trinajstić information content (AvgIpc) is 2.97. The molecule has 0 bridgehead atoms. The Morgan fingerprint density at radius 1 is 1.10 bits per heavy atom. The fourth-order valence-electron chi connectivity index (χ4n) is 2.11. The first-order chi connectivity index (χ1) is 10.2. The van der Waals surface area contributed by atoms with Crippen LogP contribution in [0.3, 0.4) is 0 Å². The maximum absolute atomic E-state index is 5.67. The third-order valence-electron chi connectivity index (χ3n) is 3.54. The maximum atomic E-state index is 5.67. The normalized spacial score (nSPS) is 11.2. The molecule has 1 aromatic heterocycles. The van der Waals surface area contributed by atoms with Crippen molar-refractivity contribution in [2.45, 2.75) is 27.3 Å². The lowest BCUT2D eigenvalue weighted by Crippen LogP contribution is -2.31. The Morgan fingerprint density at radius 2 is 1.81 bits per heavy atom. The molecule has 0 radical (unpaired) electrons. The standard InChI is InChI=1S/C16H24N4O/c1-4-20(5-2)11-10-17-12-15-18-19-16(21-15)14-8-6-13(3)7-9-14/h6-9,17H,4-5,10-12H2,1-3H3. The summed E-state index contributed by atoms with van der Waals surface area (Å²) in [6.45, 7) is 11.1. The van der Waals surface area contributed by atoms with Gasteiger partial charge in [-0.2, -0.15) is 0 Å². The number of hydrogen-bond acceptors (Lipinski definition) is 5. The van der Waals surface area contributed by atoms with Gasteiger partial charge < -0.3 is 14.6 Å². The Bertz CT molecular complexity index is 531. The van der Waals surface area contributed by atoms with Gasteiger partial charge in [0.25, 0.3) is 0 Å². The van der Waals surface area contributed by atoms with Crippen LogP contribution in [0.25, 0.3) is 11.5 Å². The van der Waals surface area contributed by atoms with Crippen LogP contribution in [-0.4, -0.2) is 41.3 Å². The predicted octanol–water partition coefficient (Wildman–Crippen LogP) is 2.48. The number of likely N-dealkylation sites (N-methyl/N-ethyl adjacent to an activating group) is 1. The van der Waals surface area contributed by atoms with Crippen molar-refractivity contribution in [1.82, 2.24) is 20.4 Å². The monoisotopic (exact) mass is 288 g/mol. The second-order valence-electron chi connectivity index (χ2n) is 5.07. The Labute approximate surface area is 126 Å². The van der Waals surface area contributed by atoms with E-state index in [1.54, 1.807) is 0 Å². The van der Waals surface area contributed by atoms with Gasteiger partial charge in [0, 0.05) is 18.7 Å². The molecule has 2 rings (SSSR count). The Hall–Kier alpha value is -1.72. The molecule has 5 nitrogen and oxygen atoms in total. The summed E-state index contributed by atoms with van der Waals surface area (Å²) < 4.78 is 5.67. The molecule has 0 spiro atoms. The van der Waals surface area contributed by atoms with Crippen molar-refractivity contribution in [2.75, 3.05) is 26.2 Å². The van der Waals surface area contributed by atoms with Gasteiger partial charge >= 0.3 is 0 Å². The molecule has 0 saturated heterocycles. The van der Waals surface area contributed by atoms with Crippen molar-refractivity contribution in [3.63, 3.8) is 0 Å². The molecule has 0 aliphatic heterocycles. The van der Waals surface area contributed by atoms with E-state index in [4.69, 9.17) is 4.42 Å². The second-order valence-corrected chi connectivity index (χ2v) is 5.07. The first-order valence-corrected chi connectivity index (χ1v) is 7.55. The Morgan fingerprint density at radius 3 is 2.48 bits per heavy atom. The van der Waals surface area contributed by atoms with E-state index in [0.29, 0.717) is 18.3 Å². The predicted molar refractivity (Wildman–Crippen MR) is 84.0 cm³/mol. The molecule has 0 fully saturated rings. The number of hydrogen-bond donors (Lipinski definition) is 1. The zero-order valence-corrected chi connectivity index (χ0v) is 13.1. The van der Waals surface area contributed by atoms with E-state index in [9.17, 15) is 0 Å². The van der Waals surface area contributed by atoms with Crippen molar-refractivity contribution >= 4 is 0 Å². The van der Waals surface area contributed by atoms with Gasteiger partial charge in [0.05, 0.1) is 6.54 Å². The van der Waals surface area contributed by atoms with Gasteiger partial charge in [-0.15, -0.1) is 10.2 Å². The summed E-state index contributed by atoms with van der Waals surface area (Å²) in [4.78, 5) is 2.37. The summed E-state index contributed by atoms with van der Waals surface area (Å²) in [6, 6.07) is 8.09. The third kappa shape index (κ3) is 4.65. The van der Waals surface area contributed by atoms with Gasteiger partial charge in [-0.25, -0.2) is 0 Å². The Kier molecular flexibility index (Phi) is 5.90. The van der Waals surface area contributed by atoms with Crippen LogP contribution in [0.4, 0.5) is 0 Å². The minimum atomic E-state index is 0.579. The van der Waals surface area contributed by atoms with E-state index < -0.39 is 0 Å². The number of rotatable bonds is 8. The lowest BCUT2D eigenvalue weighted by Gasteiger charge is -2.17. The molecular formula is C16H24N4O. The van der Waals surface area contributed by atoms with E-state index in [0.717, 1.165) is 31.7 Å². The average molecular weight is 288 g/mol. The molecule has 114 valence electrons. The molecule has 0 saturated carbocycles. The smallest absolute Gasteiger partial charge is 0.247 e. The van der Waals surface area contributed by atoms with E-state index >= 15 is 0 Å². The largest absolute Gasteiger partial charge is 0.419 e. The van der Waals surface area contributed by atoms with E-state index in [1.165, 1.54) is 5.56 Å². The van der Waals surface area contributed by atoms with Crippen molar-refractivity contribution in [2.24, 2.45) is 0 Å². The zero-order chi connectivity index (χ0) is 15.1. The van der Waals surface area contributed by atoms with Gasteiger partial charge in [0.1, 0.15) is 0 Å². The first kappa shape index (κ1) is 15.7. The van der Waals surface area contributed by atoms with E-state index in [-0.39, 0.29) is 0 Å². The molecule has 0 aliphatic rings. The van der Waals surface area contributed by atoms with Crippen molar-refractivity contribution in [3.05, 3.63) is 35.7 Å². The summed E-state index contributed by atoms with van der Waals surface area (Å²) in [7, 11) is 0. The molecular weight excluding hydrogens is 264 g/mol. The second kappa shape index (κ2) is 7.90.